The predicted molar refractivity (Wildman–Crippen MR) is 81.6 cm³/mol. The fourth-order valence-electron chi connectivity index (χ4n) is 1.36. The molecule has 0 aliphatic carbocycles. The zero-order valence-corrected chi connectivity index (χ0v) is 12.8. The van der Waals surface area contributed by atoms with Crippen molar-refractivity contribution in [3.8, 4) is 5.75 Å². The lowest BCUT2D eigenvalue weighted by molar-refractivity contribution is 0.412. The van der Waals surface area contributed by atoms with E-state index >= 15 is 0 Å². The third-order valence-electron chi connectivity index (χ3n) is 2.27. The van der Waals surface area contributed by atoms with E-state index in [4.69, 9.17) is 16.3 Å². The summed E-state index contributed by atoms with van der Waals surface area (Å²) in [5.41, 5.74) is 0.958. The number of nitrogens with one attached hydrogen (secondary N) is 1. The summed E-state index contributed by atoms with van der Waals surface area (Å²) in [7, 11) is 1.64. The Morgan fingerprint density at radius 1 is 1.22 bits per heavy atom. The molecule has 5 heteroatoms. The smallest absolute Gasteiger partial charge is 0.135 e. The average molecular weight is 345 g/mol. The molecule has 0 heterocycles. The van der Waals surface area contributed by atoms with Gasteiger partial charge >= 0.3 is 0 Å². The van der Waals surface area contributed by atoms with Crippen LogP contribution in [0.25, 0.3) is 0 Å². The minimum Gasteiger partial charge on any atom is -0.495 e. The maximum Gasteiger partial charge on any atom is 0.135 e. The van der Waals surface area contributed by atoms with Gasteiger partial charge in [0, 0.05) is 16.6 Å². The average Bonchev–Trinajstić information content (AvgIpc) is 2.39. The van der Waals surface area contributed by atoms with E-state index in [2.05, 4.69) is 20.7 Å². The van der Waals surface area contributed by atoms with Gasteiger partial charge in [-0.3, -0.25) is 0 Å². The summed E-state index contributed by atoms with van der Waals surface area (Å²) in [6.07, 6.45) is 0. The third kappa shape index (κ3) is 3.34. The van der Waals surface area contributed by atoms with Gasteiger partial charge in [-0.05, 0) is 52.1 Å². The van der Waals surface area contributed by atoms with Crippen molar-refractivity contribution in [2.24, 2.45) is 0 Å². The Labute approximate surface area is 124 Å². The first kappa shape index (κ1) is 13.6. The number of hydrogen-bond donors (Lipinski definition) is 1. The zero-order valence-electron chi connectivity index (χ0n) is 9.61. The van der Waals surface area contributed by atoms with Gasteiger partial charge in [0.15, 0.2) is 0 Å². The molecule has 0 saturated carbocycles. The van der Waals surface area contributed by atoms with Crippen LogP contribution >= 0.6 is 39.5 Å². The normalized spacial score (nSPS) is 10.2. The van der Waals surface area contributed by atoms with E-state index < -0.39 is 0 Å². The van der Waals surface area contributed by atoms with Crippen molar-refractivity contribution in [1.82, 2.24) is 0 Å². The van der Waals surface area contributed by atoms with E-state index in [0.717, 1.165) is 25.8 Å². The second kappa shape index (κ2) is 6.36. The second-order valence-corrected chi connectivity index (χ2v) is 5.59. The lowest BCUT2D eigenvalue weighted by Gasteiger charge is -2.09. The Balaban J connectivity index is 2.09. The predicted octanol–water partition coefficient (Wildman–Crippen LogP) is 5.23. The summed E-state index contributed by atoms with van der Waals surface area (Å²) in [5, 5.41) is 0.735. The molecule has 0 spiro atoms. The Morgan fingerprint density at radius 3 is 2.72 bits per heavy atom. The minimum atomic E-state index is 0.735. The molecular formula is C13H11BrClNOS. The quantitative estimate of drug-likeness (QED) is 0.767. The lowest BCUT2D eigenvalue weighted by Crippen LogP contribution is -1.90. The minimum absolute atomic E-state index is 0.735. The van der Waals surface area contributed by atoms with Crippen LogP contribution in [0.15, 0.2) is 51.8 Å². The Morgan fingerprint density at radius 2 is 2.00 bits per heavy atom. The van der Waals surface area contributed by atoms with Crippen molar-refractivity contribution in [3.63, 3.8) is 0 Å². The Hall–Kier alpha value is -0.840. The molecule has 0 saturated heterocycles. The first-order valence-electron chi connectivity index (χ1n) is 5.21. The SMILES string of the molecule is COc1cc(NSc2ccccc2Cl)ccc1Br. The molecule has 0 aliphatic rings. The molecule has 0 fully saturated rings. The van der Waals surface area contributed by atoms with Gasteiger partial charge in [0.25, 0.3) is 0 Å². The van der Waals surface area contributed by atoms with Crippen LogP contribution in [0.5, 0.6) is 5.75 Å². The van der Waals surface area contributed by atoms with Crippen molar-refractivity contribution in [1.29, 1.82) is 0 Å². The van der Waals surface area contributed by atoms with Crippen molar-refractivity contribution in [2.75, 3.05) is 11.8 Å². The standard InChI is InChI=1S/C13H11BrClNOS/c1-17-12-8-9(6-7-10(12)14)16-18-13-5-3-2-4-11(13)15/h2-8,16H,1H3. The van der Waals surface area contributed by atoms with Crippen LogP contribution in [0.1, 0.15) is 0 Å². The summed E-state index contributed by atoms with van der Waals surface area (Å²) < 4.78 is 9.40. The molecule has 0 aromatic heterocycles. The van der Waals surface area contributed by atoms with E-state index in [9.17, 15) is 0 Å². The van der Waals surface area contributed by atoms with E-state index in [1.54, 1.807) is 7.11 Å². The molecule has 1 N–H and O–H groups in total. The number of benzene rings is 2. The number of methoxy groups -OCH3 is 1. The van der Waals surface area contributed by atoms with Crippen LogP contribution in [-0.2, 0) is 0 Å². The van der Waals surface area contributed by atoms with Crippen molar-refractivity contribution in [3.05, 3.63) is 52.0 Å². The molecule has 2 aromatic carbocycles. The number of halogens is 2. The fraction of sp³-hybridized carbons (Fsp3) is 0.0769. The van der Waals surface area contributed by atoms with E-state index in [-0.39, 0.29) is 0 Å². The van der Waals surface area contributed by atoms with Crippen molar-refractivity contribution >= 4 is 45.2 Å². The number of anilines is 1. The van der Waals surface area contributed by atoms with E-state index in [0.29, 0.717) is 0 Å². The molecule has 0 aliphatic heterocycles. The Bertz CT molecular complexity index is 550. The third-order valence-corrected chi connectivity index (χ3v) is 4.28. The number of hydrogen-bond acceptors (Lipinski definition) is 3. The highest BCUT2D eigenvalue weighted by Gasteiger charge is 2.03. The van der Waals surface area contributed by atoms with Gasteiger partial charge in [-0.1, -0.05) is 23.7 Å². The van der Waals surface area contributed by atoms with Gasteiger partial charge in [-0.25, -0.2) is 0 Å². The van der Waals surface area contributed by atoms with Gasteiger partial charge in [0.05, 0.1) is 16.6 Å². The number of ether oxygens (including phenoxy) is 1. The van der Waals surface area contributed by atoms with Crippen LogP contribution in [0.3, 0.4) is 0 Å². The highest BCUT2D eigenvalue weighted by atomic mass is 79.9. The van der Waals surface area contributed by atoms with Crippen LogP contribution in [0.2, 0.25) is 5.02 Å². The summed E-state index contributed by atoms with van der Waals surface area (Å²) in [6.45, 7) is 0. The molecule has 0 bridgehead atoms. The van der Waals surface area contributed by atoms with Crippen molar-refractivity contribution in [2.45, 2.75) is 4.90 Å². The highest BCUT2D eigenvalue weighted by Crippen LogP contribution is 2.32. The van der Waals surface area contributed by atoms with E-state index in [1.807, 2.05) is 42.5 Å². The molecular weight excluding hydrogens is 334 g/mol. The van der Waals surface area contributed by atoms with Gasteiger partial charge < -0.3 is 9.46 Å². The van der Waals surface area contributed by atoms with Crippen LogP contribution in [-0.4, -0.2) is 7.11 Å². The summed E-state index contributed by atoms with van der Waals surface area (Å²) in [6, 6.07) is 13.5. The second-order valence-electron chi connectivity index (χ2n) is 3.48. The summed E-state index contributed by atoms with van der Waals surface area (Å²) in [4.78, 5) is 0.987. The van der Waals surface area contributed by atoms with Crippen LogP contribution < -0.4 is 9.46 Å². The zero-order chi connectivity index (χ0) is 13.0. The molecule has 18 heavy (non-hydrogen) atoms. The maximum atomic E-state index is 6.08. The maximum absolute atomic E-state index is 6.08. The molecule has 0 radical (unpaired) electrons. The fourth-order valence-corrected chi connectivity index (χ4v) is 2.69. The van der Waals surface area contributed by atoms with Gasteiger partial charge in [-0.15, -0.1) is 0 Å². The number of rotatable bonds is 4. The molecule has 94 valence electrons. The van der Waals surface area contributed by atoms with Gasteiger partial charge in [-0.2, -0.15) is 0 Å². The molecule has 0 atom stereocenters. The van der Waals surface area contributed by atoms with Crippen LogP contribution in [0, 0.1) is 0 Å². The lowest BCUT2D eigenvalue weighted by atomic mass is 10.3. The molecule has 2 rings (SSSR count). The van der Waals surface area contributed by atoms with Crippen LogP contribution in [0.4, 0.5) is 5.69 Å². The monoisotopic (exact) mass is 343 g/mol. The molecule has 0 unspecified atom stereocenters. The highest BCUT2D eigenvalue weighted by molar-refractivity contribution is 9.10. The largest absolute Gasteiger partial charge is 0.495 e. The molecule has 0 amide bonds. The van der Waals surface area contributed by atoms with Crippen molar-refractivity contribution < 1.29 is 4.74 Å². The molecule has 2 aromatic rings. The van der Waals surface area contributed by atoms with Gasteiger partial charge in [0.1, 0.15) is 5.75 Å². The Kier molecular flexibility index (Phi) is 4.80. The van der Waals surface area contributed by atoms with Gasteiger partial charge in [0.2, 0.25) is 0 Å². The topological polar surface area (TPSA) is 21.3 Å². The van der Waals surface area contributed by atoms with E-state index in [1.165, 1.54) is 11.9 Å². The summed E-state index contributed by atoms with van der Waals surface area (Å²) in [5.74, 6) is 0.791. The first-order valence-corrected chi connectivity index (χ1v) is 7.20. The first-order chi connectivity index (χ1) is 8.70. The summed E-state index contributed by atoms with van der Waals surface area (Å²) >= 11 is 11.0. The molecule has 2 nitrogen and oxygen atoms in total.